The van der Waals surface area contributed by atoms with E-state index in [0.717, 1.165) is 16.6 Å². The summed E-state index contributed by atoms with van der Waals surface area (Å²) in [6.07, 6.45) is 2.14. The summed E-state index contributed by atoms with van der Waals surface area (Å²) in [6, 6.07) is 7.80. The summed E-state index contributed by atoms with van der Waals surface area (Å²) in [6.45, 7) is 0. The van der Waals surface area contributed by atoms with E-state index < -0.39 is 5.97 Å². The molecule has 1 aliphatic rings. The molecule has 1 fully saturated rings. The second-order valence-electron chi connectivity index (χ2n) is 4.46. The summed E-state index contributed by atoms with van der Waals surface area (Å²) in [4.78, 5) is 10.9. The van der Waals surface area contributed by atoms with E-state index in [2.05, 4.69) is 27.3 Å². The summed E-state index contributed by atoms with van der Waals surface area (Å²) in [5.74, 6) is -0.991. The van der Waals surface area contributed by atoms with Gasteiger partial charge < -0.3 is 10.4 Å². The molecule has 0 saturated heterocycles. The van der Waals surface area contributed by atoms with Crippen LogP contribution in [-0.2, 0) is 4.79 Å². The Morgan fingerprint density at radius 1 is 1.50 bits per heavy atom. The van der Waals surface area contributed by atoms with Crippen LogP contribution in [0.1, 0.15) is 24.8 Å². The fraction of sp³-hybridized carbons (Fsp3) is 0.385. The average molecular weight is 309 g/mol. The lowest BCUT2D eigenvalue weighted by molar-refractivity contribution is -0.141. The van der Waals surface area contributed by atoms with Crippen LogP contribution in [0.4, 0.5) is 5.69 Å². The molecular weight excluding hydrogens is 296 g/mol. The maximum atomic E-state index is 10.9. The fourth-order valence-corrected chi connectivity index (χ4v) is 2.77. The third kappa shape index (κ3) is 2.65. The van der Waals surface area contributed by atoms with Crippen molar-refractivity contribution >= 4 is 27.6 Å². The number of nitriles is 1. The number of halogens is 1. The third-order valence-electron chi connectivity index (χ3n) is 3.27. The Morgan fingerprint density at radius 2 is 2.28 bits per heavy atom. The number of carboxylic acid groups (broad SMARTS) is 1. The topological polar surface area (TPSA) is 73.1 Å². The average Bonchev–Trinajstić information content (AvgIpc) is 2.78. The number of hydrogen-bond acceptors (Lipinski definition) is 3. The molecule has 1 aliphatic carbocycles. The van der Waals surface area contributed by atoms with E-state index in [-0.39, 0.29) is 12.0 Å². The monoisotopic (exact) mass is 308 g/mol. The van der Waals surface area contributed by atoms with Gasteiger partial charge in [0.1, 0.15) is 6.07 Å². The largest absolute Gasteiger partial charge is 0.481 e. The number of nitrogens with one attached hydrogen (secondary N) is 1. The maximum absolute atomic E-state index is 10.9. The Morgan fingerprint density at radius 3 is 2.89 bits per heavy atom. The van der Waals surface area contributed by atoms with Crippen molar-refractivity contribution in [3.8, 4) is 6.07 Å². The molecule has 0 bridgehead atoms. The van der Waals surface area contributed by atoms with E-state index in [9.17, 15) is 4.79 Å². The minimum atomic E-state index is -0.728. The van der Waals surface area contributed by atoms with Gasteiger partial charge in [-0.1, -0.05) is 6.07 Å². The molecule has 0 radical (unpaired) electrons. The third-order valence-corrected chi connectivity index (χ3v) is 3.93. The van der Waals surface area contributed by atoms with Crippen molar-refractivity contribution in [2.75, 3.05) is 5.32 Å². The maximum Gasteiger partial charge on any atom is 0.306 e. The molecule has 0 amide bonds. The normalized spacial score (nSPS) is 22.4. The van der Waals surface area contributed by atoms with Gasteiger partial charge in [0.15, 0.2) is 0 Å². The highest BCUT2D eigenvalue weighted by atomic mass is 79.9. The molecule has 94 valence electrons. The van der Waals surface area contributed by atoms with E-state index in [0.29, 0.717) is 18.4 Å². The summed E-state index contributed by atoms with van der Waals surface area (Å²) in [5.41, 5.74) is 1.33. The molecule has 1 aromatic carbocycles. The van der Waals surface area contributed by atoms with Crippen LogP contribution in [0.15, 0.2) is 22.7 Å². The Kier molecular flexibility index (Phi) is 3.87. The fourth-order valence-electron chi connectivity index (χ4n) is 2.31. The molecule has 0 spiro atoms. The summed E-state index contributed by atoms with van der Waals surface area (Å²) in [7, 11) is 0. The zero-order valence-corrected chi connectivity index (χ0v) is 11.3. The lowest BCUT2D eigenvalue weighted by Gasteiger charge is -2.15. The van der Waals surface area contributed by atoms with Crippen LogP contribution < -0.4 is 5.32 Å². The smallest absolute Gasteiger partial charge is 0.306 e. The van der Waals surface area contributed by atoms with Gasteiger partial charge in [0.25, 0.3) is 0 Å². The lowest BCUT2D eigenvalue weighted by Crippen LogP contribution is -2.18. The Bertz CT molecular complexity index is 510. The number of anilines is 1. The van der Waals surface area contributed by atoms with Gasteiger partial charge in [-0.15, -0.1) is 0 Å². The number of hydrogen-bond donors (Lipinski definition) is 2. The van der Waals surface area contributed by atoms with Gasteiger partial charge in [-0.2, -0.15) is 5.26 Å². The van der Waals surface area contributed by atoms with Crippen molar-refractivity contribution in [2.24, 2.45) is 5.92 Å². The van der Waals surface area contributed by atoms with Gasteiger partial charge in [0.05, 0.1) is 17.2 Å². The van der Waals surface area contributed by atoms with E-state index in [4.69, 9.17) is 10.4 Å². The molecule has 2 unspecified atom stereocenters. The van der Waals surface area contributed by atoms with Crippen LogP contribution in [-0.4, -0.2) is 17.1 Å². The van der Waals surface area contributed by atoms with Crippen LogP contribution in [0.25, 0.3) is 0 Å². The van der Waals surface area contributed by atoms with E-state index in [1.807, 2.05) is 18.2 Å². The van der Waals surface area contributed by atoms with Crippen LogP contribution in [0.3, 0.4) is 0 Å². The highest BCUT2D eigenvalue weighted by Crippen LogP contribution is 2.31. The molecule has 1 saturated carbocycles. The van der Waals surface area contributed by atoms with Gasteiger partial charge in [-0.25, -0.2) is 0 Å². The summed E-state index contributed by atoms with van der Waals surface area (Å²) in [5, 5.41) is 21.3. The molecule has 2 N–H and O–H groups in total. The molecule has 0 aliphatic heterocycles. The number of carboxylic acids is 1. The molecule has 2 atom stereocenters. The van der Waals surface area contributed by atoms with Crippen molar-refractivity contribution in [1.82, 2.24) is 0 Å². The number of nitrogens with zero attached hydrogens (tertiary/aromatic N) is 1. The van der Waals surface area contributed by atoms with Gasteiger partial charge in [-0.05, 0) is 47.3 Å². The minimum Gasteiger partial charge on any atom is -0.481 e. The van der Waals surface area contributed by atoms with E-state index in [1.165, 1.54) is 0 Å². The van der Waals surface area contributed by atoms with Crippen molar-refractivity contribution in [1.29, 1.82) is 5.26 Å². The van der Waals surface area contributed by atoms with Crippen molar-refractivity contribution in [3.05, 3.63) is 28.2 Å². The van der Waals surface area contributed by atoms with Crippen molar-refractivity contribution in [3.63, 3.8) is 0 Å². The van der Waals surface area contributed by atoms with Gasteiger partial charge in [0, 0.05) is 10.5 Å². The Hall–Kier alpha value is -1.54. The van der Waals surface area contributed by atoms with Crippen LogP contribution >= 0.6 is 15.9 Å². The molecule has 18 heavy (non-hydrogen) atoms. The first kappa shape index (κ1) is 12.9. The Balaban J connectivity index is 2.10. The lowest BCUT2D eigenvalue weighted by atomic mass is 10.1. The van der Waals surface area contributed by atoms with Gasteiger partial charge in [-0.3, -0.25) is 4.79 Å². The number of rotatable bonds is 3. The predicted octanol–water partition coefficient (Wildman–Crippen LogP) is 2.99. The first-order chi connectivity index (χ1) is 8.61. The SMILES string of the molecule is N#Cc1c(Br)cccc1NC1CCC(C(=O)O)C1. The summed E-state index contributed by atoms with van der Waals surface area (Å²) >= 11 is 3.34. The highest BCUT2D eigenvalue weighted by Gasteiger charge is 2.29. The molecule has 1 aromatic rings. The quantitative estimate of drug-likeness (QED) is 0.900. The molecule has 0 aromatic heterocycles. The molecule has 0 heterocycles. The van der Waals surface area contributed by atoms with Gasteiger partial charge in [0.2, 0.25) is 0 Å². The number of benzene rings is 1. The van der Waals surface area contributed by atoms with Crippen LogP contribution in [0.5, 0.6) is 0 Å². The second-order valence-corrected chi connectivity index (χ2v) is 5.32. The number of carbonyl (C=O) groups is 1. The zero-order chi connectivity index (χ0) is 13.1. The van der Waals surface area contributed by atoms with E-state index in [1.54, 1.807) is 0 Å². The molecule has 4 nitrogen and oxygen atoms in total. The highest BCUT2D eigenvalue weighted by molar-refractivity contribution is 9.10. The number of aliphatic carboxylic acids is 1. The van der Waals surface area contributed by atoms with Gasteiger partial charge >= 0.3 is 5.97 Å². The van der Waals surface area contributed by atoms with Crippen LogP contribution in [0.2, 0.25) is 0 Å². The molecular formula is C13H13BrN2O2. The van der Waals surface area contributed by atoms with E-state index >= 15 is 0 Å². The first-order valence-corrected chi connectivity index (χ1v) is 6.59. The van der Waals surface area contributed by atoms with Crippen LogP contribution in [0, 0.1) is 17.2 Å². The van der Waals surface area contributed by atoms with Crippen molar-refractivity contribution < 1.29 is 9.90 Å². The first-order valence-electron chi connectivity index (χ1n) is 5.79. The minimum absolute atomic E-state index is 0.132. The zero-order valence-electron chi connectivity index (χ0n) is 9.69. The predicted molar refractivity (Wildman–Crippen MR) is 71.2 cm³/mol. The van der Waals surface area contributed by atoms with Crippen molar-refractivity contribution in [2.45, 2.75) is 25.3 Å². The molecule has 5 heteroatoms. The second kappa shape index (κ2) is 5.40. The Labute approximate surface area is 114 Å². The molecule has 2 rings (SSSR count). The standard InChI is InChI=1S/C13H13BrN2O2/c14-11-2-1-3-12(10(11)7-15)16-9-5-4-8(6-9)13(17)18/h1-3,8-9,16H,4-6H2,(H,17,18). The summed E-state index contributed by atoms with van der Waals surface area (Å²) < 4.78 is 0.753.